The van der Waals surface area contributed by atoms with Gasteiger partial charge in [0.15, 0.2) is 11.9 Å². The third-order valence-corrected chi connectivity index (χ3v) is 4.07. The zero-order chi connectivity index (χ0) is 17.9. The zero-order valence-corrected chi connectivity index (χ0v) is 14.6. The summed E-state index contributed by atoms with van der Waals surface area (Å²) in [6.45, 7) is 9.58. The summed E-state index contributed by atoms with van der Waals surface area (Å²) in [4.78, 5) is 33.6. The second-order valence-electron chi connectivity index (χ2n) is 8.17. The Hall–Kier alpha value is -1.79. The van der Waals surface area contributed by atoms with E-state index in [0.717, 1.165) is 12.8 Å². The predicted octanol–water partition coefficient (Wildman–Crippen LogP) is 2.54. The molecular weight excluding hydrogens is 300 g/mol. The van der Waals surface area contributed by atoms with Gasteiger partial charge in [-0.1, -0.05) is 20.8 Å². The average molecular weight is 328 g/mol. The molecule has 3 N–H and O–H groups in total. The molecular formula is C16H28N2O5. The molecule has 0 aromatic carbocycles. The van der Waals surface area contributed by atoms with Crippen LogP contribution in [-0.2, 0) is 9.53 Å². The highest BCUT2D eigenvalue weighted by molar-refractivity contribution is 5.73. The van der Waals surface area contributed by atoms with Gasteiger partial charge in [0.2, 0.25) is 0 Å². The van der Waals surface area contributed by atoms with E-state index in [2.05, 4.69) is 24.5 Å². The molecule has 0 saturated heterocycles. The molecule has 7 heteroatoms. The van der Waals surface area contributed by atoms with Crippen molar-refractivity contribution >= 4 is 18.5 Å². The van der Waals surface area contributed by atoms with Gasteiger partial charge in [-0.2, -0.15) is 0 Å². The maximum Gasteiger partial charge on any atom is 0.408 e. The first kappa shape index (κ1) is 19.3. The lowest BCUT2D eigenvalue weighted by Gasteiger charge is -2.46. The molecule has 1 saturated carbocycles. The van der Waals surface area contributed by atoms with Crippen molar-refractivity contribution in [3.8, 4) is 0 Å². The maximum atomic E-state index is 12.0. The molecule has 1 aliphatic carbocycles. The largest absolute Gasteiger partial charge is 0.465 e. The number of nitrogens with one attached hydrogen (secondary N) is 2. The number of rotatable bonds is 5. The van der Waals surface area contributed by atoms with Crippen molar-refractivity contribution in [1.82, 2.24) is 10.6 Å². The summed E-state index contributed by atoms with van der Waals surface area (Å²) in [6.07, 6.45) is 1.18. The monoisotopic (exact) mass is 328 g/mol. The zero-order valence-electron chi connectivity index (χ0n) is 14.6. The Morgan fingerprint density at radius 3 is 2.43 bits per heavy atom. The van der Waals surface area contributed by atoms with Gasteiger partial charge < -0.3 is 20.5 Å². The Morgan fingerprint density at radius 2 is 1.91 bits per heavy atom. The van der Waals surface area contributed by atoms with E-state index in [-0.39, 0.29) is 16.9 Å². The third-order valence-electron chi connectivity index (χ3n) is 4.07. The highest BCUT2D eigenvalue weighted by Gasteiger charge is 2.42. The van der Waals surface area contributed by atoms with Crippen molar-refractivity contribution in [3.05, 3.63) is 0 Å². The minimum atomic E-state index is -1.16. The molecule has 2 amide bonds. The molecule has 0 spiro atoms. The Balaban J connectivity index is 2.73. The highest BCUT2D eigenvalue weighted by Crippen LogP contribution is 2.45. The lowest BCUT2D eigenvalue weighted by atomic mass is 9.62. The van der Waals surface area contributed by atoms with Gasteiger partial charge in [0.05, 0.1) is 0 Å². The Bertz CT molecular complexity index is 475. The summed E-state index contributed by atoms with van der Waals surface area (Å²) < 4.78 is 5.10. The number of amides is 2. The van der Waals surface area contributed by atoms with Crippen molar-refractivity contribution in [2.24, 2.45) is 10.8 Å². The number of aldehydes is 1. The van der Waals surface area contributed by atoms with Crippen LogP contribution in [0.15, 0.2) is 0 Å². The van der Waals surface area contributed by atoms with Crippen LogP contribution in [0, 0.1) is 10.8 Å². The Labute approximate surface area is 137 Å². The van der Waals surface area contributed by atoms with Gasteiger partial charge >= 0.3 is 12.2 Å². The third kappa shape index (κ3) is 6.46. The average Bonchev–Trinajstić information content (AvgIpc) is 2.33. The standard InChI is InChI=1S/C16H28N2O5/c1-14(2)6-11(18-13(22)23-15(3,4)10-19)7-16(5,8-14)9-17-12(20)21/h10-11,17H,6-9H2,1-5H3,(H,18,22)(H,20,21). The van der Waals surface area contributed by atoms with Gasteiger partial charge in [-0.3, -0.25) is 4.79 Å². The summed E-state index contributed by atoms with van der Waals surface area (Å²) in [5.74, 6) is 0. The number of hydrogen-bond acceptors (Lipinski definition) is 4. The van der Waals surface area contributed by atoms with Crippen LogP contribution in [0.5, 0.6) is 0 Å². The lowest BCUT2D eigenvalue weighted by Crippen LogP contribution is -2.51. The first-order chi connectivity index (χ1) is 10.4. The van der Waals surface area contributed by atoms with Crippen molar-refractivity contribution in [2.45, 2.75) is 65.5 Å². The van der Waals surface area contributed by atoms with Crippen LogP contribution < -0.4 is 10.6 Å². The molecule has 2 atom stereocenters. The number of carbonyl (C=O) groups excluding carboxylic acids is 2. The minimum absolute atomic E-state index is 0.0364. The van der Waals surface area contributed by atoms with E-state index >= 15 is 0 Å². The normalized spacial score (nSPS) is 26.9. The van der Waals surface area contributed by atoms with Crippen LogP contribution in [0.4, 0.5) is 9.59 Å². The molecule has 0 aromatic heterocycles. The molecule has 1 rings (SSSR count). The van der Waals surface area contributed by atoms with E-state index in [1.807, 2.05) is 6.92 Å². The number of hydrogen-bond donors (Lipinski definition) is 3. The fourth-order valence-corrected chi connectivity index (χ4v) is 3.62. The molecule has 0 heterocycles. The quantitative estimate of drug-likeness (QED) is 0.673. The predicted molar refractivity (Wildman–Crippen MR) is 85.3 cm³/mol. The number of ether oxygens (including phenoxy) is 1. The van der Waals surface area contributed by atoms with Gasteiger partial charge in [0.25, 0.3) is 0 Å². The molecule has 0 bridgehead atoms. The number of alkyl carbamates (subject to hydrolysis) is 1. The second kappa shape index (κ2) is 6.76. The van der Waals surface area contributed by atoms with Gasteiger partial charge in [0.1, 0.15) is 0 Å². The minimum Gasteiger partial charge on any atom is -0.465 e. The maximum absolute atomic E-state index is 12.0. The van der Waals surface area contributed by atoms with Gasteiger partial charge in [-0.25, -0.2) is 9.59 Å². The summed E-state index contributed by atoms with van der Waals surface area (Å²) in [7, 11) is 0. The summed E-state index contributed by atoms with van der Waals surface area (Å²) in [6, 6.07) is -0.130. The van der Waals surface area contributed by atoms with E-state index in [1.165, 1.54) is 13.8 Å². The molecule has 132 valence electrons. The first-order valence-corrected chi connectivity index (χ1v) is 7.79. The van der Waals surface area contributed by atoms with E-state index in [4.69, 9.17) is 9.84 Å². The van der Waals surface area contributed by atoms with Crippen LogP contribution >= 0.6 is 0 Å². The van der Waals surface area contributed by atoms with Gasteiger partial charge in [0, 0.05) is 12.6 Å². The molecule has 2 unspecified atom stereocenters. The van der Waals surface area contributed by atoms with Crippen LogP contribution in [0.1, 0.15) is 53.9 Å². The Kier molecular flexibility index (Phi) is 5.66. The van der Waals surface area contributed by atoms with Crippen molar-refractivity contribution in [1.29, 1.82) is 0 Å². The van der Waals surface area contributed by atoms with E-state index in [0.29, 0.717) is 19.3 Å². The van der Waals surface area contributed by atoms with Crippen molar-refractivity contribution < 1.29 is 24.2 Å². The molecule has 1 aliphatic rings. The van der Waals surface area contributed by atoms with Crippen LogP contribution in [0.3, 0.4) is 0 Å². The second-order valence-corrected chi connectivity index (χ2v) is 8.17. The fourth-order valence-electron chi connectivity index (χ4n) is 3.62. The van der Waals surface area contributed by atoms with E-state index < -0.39 is 17.8 Å². The molecule has 1 fully saturated rings. The highest BCUT2D eigenvalue weighted by atomic mass is 16.6. The summed E-state index contributed by atoms with van der Waals surface area (Å²) in [5.41, 5.74) is -1.45. The summed E-state index contributed by atoms with van der Waals surface area (Å²) >= 11 is 0. The molecule has 23 heavy (non-hydrogen) atoms. The fraction of sp³-hybridized carbons (Fsp3) is 0.812. The van der Waals surface area contributed by atoms with Crippen molar-refractivity contribution in [3.63, 3.8) is 0 Å². The smallest absolute Gasteiger partial charge is 0.408 e. The SMILES string of the molecule is CC1(C)CC(NC(=O)OC(C)(C)C=O)CC(C)(CNC(=O)O)C1. The van der Waals surface area contributed by atoms with Crippen molar-refractivity contribution in [2.75, 3.05) is 6.54 Å². The molecule has 0 aliphatic heterocycles. The molecule has 0 aromatic rings. The van der Waals surface area contributed by atoms with Crippen LogP contribution in [0.25, 0.3) is 0 Å². The topological polar surface area (TPSA) is 105 Å². The summed E-state index contributed by atoms with van der Waals surface area (Å²) in [5, 5.41) is 14.1. The molecule has 7 nitrogen and oxygen atoms in total. The number of carbonyl (C=O) groups is 3. The Morgan fingerprint density at radius 1 is 1.30 bits per heavy atom. The van der Waals surface area contributed by atoms with Gasteiger partial charge in [-0.15, -0.1) is 0 Å². The lowest BCUT2D eigenvalue weighted by molar-refractivity contribution is -0.121. The van der Waals surface area contributed by atoms with E-state index in [9.17, 15) is 14.4 Å². The van der Waals surface area contributed by atoms with E-state index in [1.54, 1.807) is 0 Å². The van der Waals surface area contributed by atoms with Crippen LogP contribution in [0.2, 0.25) is 0 Å². The molecule has 0 radical (unpaired) electrons. The van der Waals surface area contributed by atoms with Crippen LogP contribution in [-0.4, -0.2) is 41.8 Å². The number of carboxylic acid groups (broad SMARTS) is 1. The van der Waals surface area contributed by atoms with Gasteiger partial charge in [-0.05, 0) is 43.9 Å². The first-order valence-electron chi connectivity index (χ1n) is 7.79.